The van der Waals surface area contributed by atoms with Crippen LogP contribution in [0.4, 0.5) is 0 Å². The van der Waals surface area contributed by atoms with E-state index in [0.717, 1.165) is 0 Å². The number of nitrogens with two attached hydrogens (primary N) is 2. The van der Waals surface area contributed by atoms with Crippen LogP contribution in [-0.2, 0) is 17.1 Å². The summed E-state index contributed by atoms with van der Waals surface area (Å²) in [5.74, 6) is 0. The maximum Gasteiger partial charge on any atom is 0.184 e. The molecule has 0 spiro atoms. The van der Waals surface area contributed by atoms with Crippen LogP contribution in [-0.4, -0.2) is 56.3 Å². The summed E-state index contributed by atoms with van der Waals surface area (Å²) in [5, 5.41) is 34.7. The van der Waals surface area contributed by atoms with Crippen LogP contribution in [0.25, 0.3) is 0 Å². The van der Waals surface area contributed by atoms with Gasteiger partial charge in [0, 0.05) is 23.5 Å². The fourth-order valence-electron chi connectivity index (χ4n) is 0.897. The average Bonchev–Trinajstić information content (AvgIpc) is 2.33. The summed E-state index contributed by atoms with van der Waals surface area (Å²) in [6.45, 7) is -0.584. The van der Waals surface area contributed by atoms with Crippen molar-refractivity contribution in [2.45, 2.75) is 18.6 Å². The number of aliphatic hydroxyl groups is 3. The van der Waals surface area contributed by atoms with Crippen molar-refractivity contribution in [3.63, 3.8) is 0 Å². The van der Waals surface area contributed by atoms with E-state index in [1.807, 2.05) is 0 Å². The van der Waals surface area contributed by atoms with Gasteiger partial charge in [-0.05, 0) is 24.4 Å². The number of hydrogen-bond donors (Lipinski definition) is 7. The molecule has 0 aliphatic rings. The molecule has 0 fully saturated rings. The molecule has 0 aromatic carbocycles. The van der Waals surface area contributed by atoms with E-state index < -0.39 is 18.8 Å². The quantitative estimate of drug-likeness (QED) is 0.108. The molecule has 0 aromatic heterocycles. The molecule has 0 saturated carbocycles. The SMILES string of the molecule is NC(=S)NN=CC(CC(O)C(O)CO)=NNC(N)=S.[Cu]. The molecule has 2 unspecified atom stereocenters. The molecule has 20 heavy (non-hydrogen) atoms. The molecule has 0 aromatic rings. The smallest absolute Gasteiger partial charge is 0.184 e. The molecule has 1 radical (unpaired) electrons. The maximum atomic E-state index is 9.55. The zero-order valence-electron chi connectivity index (χ0n) is 10.2. The Balaban J connectivity index is 0. The fourth-order valence-corrected chi connectivity index (χ4v) is 0.995. The summed E-state index contributed by atoms with van der Waals surface area (Å²) in [5.41, 5.74) is 15.2. The average molecular weight is 372 g/mol. The second kappa shape index (κ2) is 11.9. The van der Waals surface area contributed by atoms with Gasteiger partial charge in [-0.2, -0.15) is 10.2 Å². The van der Waals surface area contributed by atoms with Gasteiger partial charge in [-0.1, -0.05) is 0 Å². The van der Waals surface area contributed by atoms with E-state index in [1.165, 1.54) is 6.21 Å². The standard InChI is InChI=1S/C8H16N6O3S2.Cu/c9-7(18)13-11-2-4(12-14-8(10)19)1-5(16)6(17)3-15;/h2,5-6,15-17H,1,3H2,(H3,9,13,18)(H3,10,14,19);. The van der Waals surface area contributed by atoms with E-state index in [2.05, 4.69) is 45.5 Å². The summed E-state index contributed by atoms with van der Waals surface area (Å²) in [6.07, 6.45) is -1.42. The second-order valence-corrected chi connectivity index (χ2v) is 4.21. The number of hydrazone groups is 2. The maximum absolute atomic E-state index is 9.55. The van der Waals surface area contributed by atoms with Gasteiger partial charge in [0.15, 0.2) is 10.2 Å². The molecule has 9 N–H and O–H groups in total. The molecule has 12 heteroatoms. The summed E-state index contributed by atoms with van der Waals surface area (Å²) < 4.78 is 0. The first-order valence-corrected chi connectivity index (χ1v) is 5.86. The van der Waals surface area contributed by atoms with Crippen LogP contribution in [0.2, 0.25) is 0 Å². The van der Waals surface area contributed by atoms with E-state index in [1.54, 1.807) is 0 Å². The van der Waals surface area contributed by atoms with Crippen molar-refractivity contribution in [3.8, 4) is 0 Å². The van der Waals surface area contributed by atoms with E-state index in [9.17, 15) is 10.2 Å². The third-order valence-electron chi connectivity index (χ3n) is 1.75. The van der Waals surface area contributed by atoms with Gasteiger partial charge in [-0.25, -0.2) is 0 Å². The third-order valence-corrected chi connectivity index (χ3v) is 1.93. The molecule has 0 bridgehead atoms. The van der Waals surface area contributed by atoms with Crippen molar-refractivity contribution >= 4 is 46.6 Å². The van der Waals surface area contributed by atoms with Gasteiger partial charge in [-0.15, -0.1) is 0 Å². The van der Waals surface area contributed by atoms with Crippen LogP contribution in [0.15, 0.2) is 10.2 Å². The molecule has 2 atom stereocenters. The van der Waals surface area contributed by atoms with Crippen molar-refractivity contribution < 1.29 is 32.4 Å². The first kappa shape index (κ1) is 21.4. The summed E-state index contributed by atoms with van der Waals surface area (Å²) in [6, 6.07) is 0. The van der Waals surface area contributed by atoms with Crippen LogP contribution in [0.3, 0.4) is 0 Å². The van der Waals surface area contributed by atoms with Crippen molar-refractivity contribution in [1.29, 1.82) is 0 Å². The number of aliphatic hydroxyl groups excluding tert-OH is 3. The molecule has 0 heterocycles. The van der Waals surface area contributed by atoms with E-state index in [0.29, 0.717) is 0 Å². The topological polar surface area (TPSA) is 162 Å². The van der Waals surface area contributed by atoms with Crippen LogP contribution < -0.4 is 22.3 Å². The number of nitrogens with one attached hydrogen (secondary N) is 2. The molecular weight excluding hydrogens is 356 g/mol. The minimum absolute atomic E-state index is 0. The van der Waals surface area contributed by atoms with Gasteiger partial charge in [0.25, 0.3) is 0 Å². The van der Waals surface area contributed by atoms with E-state index >= 15 is 0 Å². The minimum Gasteiger partial charge on any atom is -0.394 e. The molecule has 9 nitrogen and oxygen atoms in total. The van der Waals surface area contributed by atoms with Gasteiger partial charge in [0.1, 0.15) is 6.10 Å². The Bertz CT molecular complexity index is 381. The Morgan fingerprint density at radius 2 is 1.70 bits per heavy atom. The van der Waals surface area contributed by atoms with Crippen molar-refractivity contribution in [3.05, 3.63) is 0 Å². The summed E-state index contributed by atoms with van der Waals surface area (Å²) >= 11 is 9.10. The summed E-state index contributed by atoms with van der Waals surface area (Å²) in [4.78, 5) is 0. The van der Waals surface area contributed by atoms with Crippen molar-refractivity contribution in [2.24, 2.45) is 21.7 Å². The first-order valence-electron chi connectivity index (χ1n) is 5.04. The molecule has 0 rings (SSSR count). The van der Waals surface area contributed by atoms with Crippen molar-refractivity contribution in [2.75, 3.05) is 6.61 Å². The van der Waals surface area contributed by atoms with Crippen LogP contribution in [0.5, 0.6) is 0 Å². The molecule has 0 aliphatic carbocycles. The van der Waals surface area contributed by atoms with E-state index in [4.69, 9.17) is 16.6 Å². The van der Waals surface area contributed by atoms with Crippen LogP contribution in [0.1, 0.15) is 6.42 Å². The van der Waals surface area contributed by atoms with Crippen LogP contribution >= 0.6 is 24.4 Å². The van der Waals surface area contributed by atoms with Crippen LogP contribution in [0, 0.1) is 0 Å². The van der Waals surface area contributed by atoms with Gasteiger partial charge in [0.2, 0.25) is 0 Å². The number of nitrogens with zero attached hydrogens (tertiary/aromatic N) is 2. The van der Waals surface area contributed by atoms with Gasteiger partial charge in [-0.3, -0.25) is 10.9 Å². The Labute approximate surface area is 137 Å². The Morgan fingerprint density at radius 3 is 2.15 bits per heavy atom. The number of thiocarbonyl (C=S) groups is 2. The predicted octanol–water partition coefficient (Wildman–Crippen LogP) is -2.90. The Hall–Kier alpha value is -0.881. The Morgan fingerprint density at radius 1 is 1.15 bits per heavy atom. The van der Waals surface area contributed by atoms with Gasteiger partial charge < -0.3 is 26.8 Å². The van der Waals surface area contributed by atoms with E-state index in [-0.39, 0.29) is 39.4 Å². The number of rotatable bonds is 7. The first-order chi connectivity index (χ1) is 8.86. The number of hydrogen-bond acceptors (Lipinski definition) is 7. The minimum atomic E-state index is -1.30. The zero-order valence-corrected chi connectivity index (χ0v) is 12.7. The van der Waals surface area contributed by atoms with Gasteiger partial charge in [0.05, 0.1) is 24.6 Å². The molecule has 0 aliphatic heterocycles. The predicted molar refractivity (Wildman–Crippen MR) is 79.5 cm³/mol. The van der Waals surface area contributed by atoms with Crippen molar-refractivity contribution in [1.82, 2.24) is 10.9 Å². The monoisotopic (exact) mass is 371 g/mol. The molecular formula is C8H16CuN6O3S2. The Kier molecular flexibility index (Phi) is 12.8. The molecule has 0 amide bonds. The largest absolute Gasteiger partial charge is 0.394 e. The normalized spacial score (nSPS) is 14.2. The zero-order chi connectivity index (χ0) is 14.8. The second-order valence-electron chi connectivity index (χ2n) is 3.33. The molecule has 119 valence electrons. The fraction of sp³-hybridized carbons (Fsp3) is 0.500. The third kappa shape index (κ3) is 11.0. The summed E-state index contributed by atoms with van der Waals surface area (Å²) in [7, 11) is 0. The van der Waals surface area contributed by atoms with Gasteiger partial charge >= 0.3 is 0 Å². The molecule has 0 saturated heterocycles.